The van der Waals surface area contributed by atoms with Crippen LogP contribution >= 0.6 is 0 Å². The maximum atomic E-state index is 13.9. The van der Waals surface area contributed by atoms with E-state index in [0.717, 1.165) is 31.2 Å². The van der Waals surface area contributed by atoms with Gasteiger partial charge in [-0.15, -0.1) is 0 Å². The Hall–Kier alpha value is -2.98. The molecular weight excluding hydrogens is 550 g/mol. The molecule has 43 heavy (non-hydrogen) atoms. The summed E-state index contributed by atoms with van der Waals surface area (Å²) < 4.78 is 11.5. The van der Waals surface area contributed by atoms with E-state index in [1.54, 1.807) is 6.92 Å². The van der Waals surface area contributed by atoms with Crippen LogP contribution in [-0.2, 0) is 30.5 Å². The number of ketones is 1. The number of aliphatic hydroxyl groups is 1. The molecule has 10 heteroatoms. The number of amides is 3. The molecule has 3 rings (SSSR count). The van der Waals surface area contributed by atoms with Crippen molar-refractivity contribution in [2.75, 3.05) is 13.2 Å². The van der Waals surface area contributed by atoms with Gasteiger partial charge >= 0.3 is 6.09 Å². The van der Waals surface area contributed by atoms with E-state index >= 15 is 0 Å². The first kappa shape index (κ1) is 34.5. The summed E-state index contributed by atoms with van der Waals surface area (Å²) in [5, 5.41) is 18.5. The quantitative estimate of drug-likeness (QED) is 0.238. The molecule has 10 nitrogen and oxygen atoms in total. The highest BCUT2D eigenvalue weighted by Crippen LogP contribution is 2.31. The lowest BCUT2D eigenvalue weighted by atomic mass is 9.80. The molecule has 1 saturated carbocycles. The Morgan fingerprint density at radius 2 is 1.72 bits per heavy atom. The first-order chi connectivity index (χ1) is 20.4. The minimum Gasteiger partial charge on any atom is -0.445 e. The highest BCUT2D eigenvalue weighted by Gasteiger charge is 2.36. The molecule has 5 atom stereocenters. The number of Topliss-reactive ketones (excluding diaryl/α,β-unsaturated/α-hetero) is 1. The van der Waals surface area contributed by atoms with Crippen LogP contribution in [0.1, 0.15) is 91.0 Å². The van der Waals surface area contributed by atoms with E-state index in [4.69, 9.17) is 9.47 Å². The van der Waals surface area contributed by atoms with Crippen LogP contribution in [0, 0.1) is 17.8 Å². The van der Waals surface area contributed by atoms with E-state index in [1.165, 1.54) is 6.42 Å². The summed E-state index contributed by atoms with van der Waals surface area (Å²) in [5.41, 5.74) is 0.241. The molecule has 1 aliphatic heterocycles. The van der Waals surface area contributed by atoms with Gasteiger partial charge in [-0.3, -0.25) is 14.4 Å². The lowest BCUT2D eigenvalue weighted by molar-refractivity contribution is -0.135. The number of benzene rings is 1. The predicted octanol–water partition coefficient (Wildman–Crippen LogP) is 4.03. The van der Waals surface area contributed by atoms with Gasteiger partial charge < -0.3 is 30.5 Å². The molecule has 1 saturated heterocycles. The zero-order chi connectivity index (χ0) is 31.4. The van der Waals surface area contributed by atoms with Crippen molar-refractivity contribution in [2.45, 2.75) is 116 Å². The van der Waals surface area contributed by atoms with Crippen LogP contribution in [-0.4, -0.2) is 65.7 Å². The smallest absolute Gasteiger partial charge is 0.408 e. The van der Waals surface area contributed by atoms with Crippen molar-refractivity contribution >= 4 is 23.7 Å². The van der Waals surface area contributed by atoms with Gasteiger partial charge in [0.25, 0.3) is 0 Å². The number of hydrogen-bond acceptors (Lipinski definition) is 7. The Kier molecular flexibility index (Phi) is 13.4. The summed E-state index contributed by atoms with van der Waals surface area (Å²) in [7, 11) is 0. The molecule has 1 heterocycles. The fraction of sp³-hybridized carbons (Fsp3) is 0.697. The summed E-state index contributed by atoms with van der Waals surface area (Å²) in [4.78, 5) is 52.5. The van der Waals surface area contributed by atoms with Crippen LogP contribution in [0.4, 0.5) is 4.79 Å². The van der Waals surface area contributed by atoms with Crippen LogP contribution in [0.25, 0.3) is 0 Å². The molecule has 0 aromatic heterocycles. The number of ether oxygens (including phenoxy) is 2. The minimum atomic E-state index is -1.03. The molecule has 4 N–H and O–H groups in total. The maximum absolute atomic E-state index is 13.9. The Morgan fingerprint density at radius 3 is 2.33 bits per heavy atom. The van der Waals surface area contributed by atoms with Crippen LogP contribution in [0.5, 0.6) is 0 Å². The van der Waals surface area contributed by atoms with E-state index in [-0.39, 0.29) is 43.2 Å². The zero-order valence-corrected chi connectivity index (χ0v) is 26.2. The average Bonchev–Trinajstić information content (AvgIpc) is 3.37. The van der Waals surface area contributed by atoms with E-state index in [9.17, 15) is 24.3 Å². The molecule has 1 aliphatic carbocycles. The minimum absolute atomic E-state index is 0.0520. The van der Waals surface area contributed by atoms with Gasteiger partial charge in [-0.2, -0.15) is 0 Å². The van der Waals surface area contributed by atoms with Crippen molar-refractivity contribution in [3.63, 3.8) is 0 Å². The van der Waals surface area contributed by atoms with Gasteiger partial charge in [-0.05, 0) is 58.4 Å². The molecule has 240 valence electrons. The van der Waals surface area contributed by atoms with Gasteiger partial charge in [0.15, 0.2) is 5.78 Å². The van der Waals surface area contributed by atoms with Crippen molar-refractivity contribution in [3.05, 3.63) is 35.9 Å². The van der Waals surface area contributed by atoms with Gasteiger partial charge in [0.2, 0.25) is 11.8 Å². The molecule has 0 unspecified atom stereocenters. The Labute approximate surface area is 256 Å². The highest BCUT2D eigenvalue weighted by atomic mass is 16.5. The molecule has 0 radical (unpaired) electrons. The lowest BCUT2D eigenvalue weighted by Crippen LogP contribution is -2.52. The summed E-state index contributed by atoms with van der Waals surface area (Å²) in [6, 6.07) is 7.64. The Bertz CT molecular complexity index is 1050. The van der Waals surface area contributed by atoms with Gasteiger partial charge in [0, 0.05) is 24.8 Å². The van der Waals surface area contributed by atoms with Crippen LogP contribution in [0.15, 0.2) is 30.3 Å². The predicted molar refractivity (Wildman–Crippen MR) is 163 cm³/mol. The second-order valence-corrected chi connectivity index (χ2v) is 13.1. The number of hydrogen-bond donors (Lipinski definition) is 4. The molecule has 3 amide bonds. The Morgan fingerprint density at radius 1 is 1.02 bits per heavy atom. The summed E-state index contributed by atoms with van der Waals surface area (Å²) >= 11 is 0. The molecule has 1 aromatic rings. The van der Waals surface area contributed by atoms with Gasteiger partial charge in [-0.1, -0.05) is 62.4 Å². The Balaban J connectivity index is 1.73. The van der Waals surface area contributed by atoms with Crippen molar-refractivity contribution in [3.8, 4) is 0 Å². The third-order valence-electron chi connectivity index (χ3n) is 8.30. The third-order valence-corrected chi connectivity index (χ3v) is 8.30. The van der Waals surface area contributed by atoms with E-state index in [1.807, 2.05) is 51.1 Å². The number of nitrogens with one attached hydrogen (secondary N) is 3. The summed E-state index contributed by atoms with van der Waals surface area (Å²) in [5.74, 6) is -1.29. The number of rotatable bonds is 15. The molecule has 2 fully saturated rings. The fourth-order valence-corrected chi connectivity index (χ4v) is 6.17. The summed E-state index contributed by atoms with van der Waals surface area (Å²) in [6.07, 6.45) is 5.39. The average molecular weight is 602 g/mol. The van der Waals surface area contributed by atoms with Crippen LogP contribution in [0.3, 0.4) is 0 Å². The highest BCUT2D eigenvalue weighted by molar-refractivity contribution is 5.92. The second kappa shape index (κ2) is 16.8. The van der Waals surface area contributed by atoms with Gasteiger partial charge in [0.05, 0.1) is 24.4 Å². The monoisotopic (exact) mass is 601 g/mol. The normalized spacial score (nSPS) is 20.4. The molecule has 0 bridgehead atoms. The second-order valence-electron chi connectivity index (χ2n) is 13.1. The topological polar surface area (TPSA) is 143 Å². The van der Waals surface area contributed by atoms with Gasteiger partial charge in [-0.25, -0.2) is 4.79 Å². The van der Waals surface area contributed by atoms with Crippen molar-refractivity contribution in [1.29, 1.82) is 0 Å². The van der Waals surface area contributed by atoms with Gasteiger partial charge in [0.1, 0.15) is 12.6 Å². The first-order valence-corrected chi connectivity index (χ1v) is 15.8. The maximum Gasteiger partial charge on any atom is 0.408 e. The lowest BCUT2D eigenvalue weighted by Gasteiger charge is -2.32. The largest absolute Gasteiger partial charge is 0.445 e. The SMILES string of the molecule is C[C@@H](OC(C)(C)C)[C@H](NC(=O)OCc1ccccc1)C(=O)C[C@@H](CC1CCCCC1)C(=O)N[C@H](CO)C[C@@H]1CCNC1=O. The fourth-order valence-electron chi connectivity index (χ4n) is 6.17. The van der Waals surface area contributed by atoms with Crippen molar-refractivity contribution in [2.24, 2.45) is 17.8 Å². The number of carbonyl (C=O) groups is 4. The third kappa shape index (κ3) is 11.9. The standard InChI is InChI=1S/C33H51N3O7/c1-22(43-33(2,3)4)29(36-32(41)42-21-24-13-9-6-10-14-24)28(38)19-26(17-23-11-7-5-8-12-23)31(40)35-27(20-37)18-25-15-16-34-30(25)39/h6,9-10,13-14,22-23,25-27,29,37H,5,7-8,11-12,15-21H2,1-4H3,(H,34,39)(H,35,40)(H,36,41)/t22-,25+,26-,27+,29+/m1/s1. The van der Waals surface area contributed by atoms with E-state index < -0.39 is 35.8 Å². The first-order valence-electron chi connectivity index (χ1n) is 15.8. The van der Waals surface area contributed by atoms with Crippen LogP contribution in [0.2, 0.25) is 0 Å². The number of alkyl carbamates (subject to hydrolysis) is 1. The van der Waals surface area contributed by atoms with E-state index in [2.05, 4.69) is 16.0 Å². The van der Waals surface area contributed by atoms with Crippen molar-refractivity contribution < 1.29 is 33.8 Å². The van der Waals surface area contributed by atoms with Crippen molar-refractivity contribution in [1.82, 2.24) is 16.0 Å². The number of carbonyl (C=O) groups excluding carboxylic acids is 4. The number of aliphatic hydroxyl groups excluding tert-OH is 1. The molecule has 1 aromatic carbocycles. The molecular formula is C33H51N3O7. The zero-order valence-electron chi connectivity index (χ0n) is 26.2. The molecule has 2 aliphatic rings. The van der Waals surface area contributed by atoms with E-state index in [0.29, 0.717) is 31.7 Å². The molecule has 0 spiro atoms. The van der Waals surface area contributed by atoms with Crippen LogP contribution < -0.4 is 16.0 Å². The summed E-state index contributed by atoms with van der Waals surface area (Å²) in [6.45, 7) is 7.69.